The molecule has 0 bridgehead atoms. The second-order valence-electron chi connectivity index (χ2n) is 4.55. The van der Waals surface area contributed by atoms with Gasteiger partial charge in [0.05, 0.1) is 15.2 Å². The minimum absolute atomic E-state index is 0.0601. The Bertz CT molecular complexity index is 433. The van der Waals surface area contributed by atoms with E-state index in [-0.39, 0.29) is 5.91 Å². The molecule has 1 amide bonds. The number of amides is 1. The van der Waals surface area contributed by atoms with Crippen molar-refractivity contribution < 1.29 is 4.79 Å². The topological polar surface area (TPSA) is 41.1 Å². The molecule has 1 saturated heterocycles. The van der Waals surface area contributed by atoms with Crippen LogP contribution in [0.15, 0.2) is 22.7 Å². The van der Waals surface area contributed by atoms with E-state index in [9.17, 15) is 4.79 Å². The van der Waals surface area contributed by atoms with Gasteiger partial charge in [-0.15, -0.1) is 0 Å². The van der Waals surface area contributed by atoms with Gasteiger partial charge in [-0.2, -0.15) is 0 Å². The maximum atomic E-state index is 11.9. The van der Waals surface area contributed by atoms with Gasteiger partial charge in [-0.3, -0.25) is 4.79 Å². The van der Waals surface area contributed by atoms with Crippen LogP contribution in [-0.4, -0.2) is 19.0 Å². The number of nitrogens with one attached hydrogen (secondary N) is 2. The van der Waals surface area contributed by atoms with Gasteiger partial charge in [0, 0.05) is 6.42 Å². The Morgan fingerprint density at radius 2 is 2.17 bits per heavy atom. The summed E-state index contributed by atoms with van der Waals surface area (Å²) < 4.78 is 0.741. The molecule has 1 aromatic rings. The number of hydrogen-bond donors (Lipinski definition) is 2. The molecule has 0 unspecified atom stereocenters. The van der Waals surface area contributed by atoms with Crippen molar-refractivity contribution in [3.8, 4) is 0 Å². The molecule has 3 nitrogen and oxygen atoms in total. The number of carbonyl (C=O) groups is 1. The molecule has 0 radical (unpaired) electrons. The van der Waals surface area contributed by atoms with Crippen LogP contribution in [0.5, 0.6) is 0 Å². The van der Waals surface area contributed by atoms with Crippen molar-refractivity contribution in [2.45, 2.75) is 19.3 Å². The quantitative estimate of drug-likeness (QED) is 0.891. The maximum absolute atomic E-state index is 11.9. The summed E-state index contributed by atoms with van der Waals surface area (Å²) in [5.74, 6) is 0.550. The molecule has 1 aliphatic rings. The molecule has 1 aromatic carbocycles. The average molecular weight is 332 g/mol. The van der Waals surface area contributed by atoms with E-state index in [1.54, 1.807) is 6.07 Å². The Hall–Kier alpha value is -0.580. The molecule has 0 aromatic heterocycles. The zero-order chi connectivity index (χ0) is 13.0. The summed E-state index contributed by atoms with van der Waals surface area (Å²) in [7, 11) is 0. The van der Waals surface area contributed by atoms with E-state index in [2.05, 4.69) is 26.6 Å². The van der Waals surface area contributed by atoms with Gasteiger partial charge in [0.1, 0.15) is 0 Å². The monoisotopic (exact) mass is 330 g/mol. The van der Waals surface area contributed by atoms with Crippen LogP contribution in [-0.2, 0) is 4.79 Å². The van der Waals surface area contributed by atoms with Gasteiger partial charge in [-0.05, 0) is 59.9 Å². The fourth-order valence-electron chi connectivity index (χ4n) is 2.15. The highest BCUT2D eigenvalue weighted by atomic mass is 79.9. The van der Waals surface area contributed by atoms with Crippen molar-refractivity contribution in [3.63, 3.8) is 0 Å². The van der Waals surface area contributed by atoms with E-state index >= 15 is 0 Å². The normalized spacial score (nSPS) is 16.6. The standard InChI is InChI=1S/C13H16BrClN2O/c14-13-10(15)2-1-3-11(13)17-12(18)8-9-4-6-16-7-5-9/h1-3,9,16H,4-8H2,(H,17,18). The zero-order valence-electron chi connectivity index (χ0n) is 10.0. The summed E-state index contributed by atoms with van der Waals surface area (Å²) in [6.45, 7) is 2.03. The molecule has 0 aliphatic carbocycles. The smallest absolute Gasteiger partial charge is 0.224 e. The van der Waals surface area contributed by atoms with E-state index in [1.165, 1.54) is 0 Å². The van der Waals surface area contributed by atoms with Crippen LogP contribution in [0.4, 0.5) is 5.69 Å². The highest BCUT2D eigenvalue weighted by Crippen LogP contribution is 2.30. The van der Waals surface area contributed by atoms with Crippen molar-refractivity contribution in [1.29, 1.82) is 0 Å². The summed E-state index contributed by atoms with van der Waals surface area (Å²) in [5.41, 5.74) is 0.737. The summed E-state index contributed by atoms with van der Waals surface area (Å²) in [5, 5.41) is 6.81. The van der Waals surface area contributed by atoms with Crippen LogP contribution < -0.4 is 10.6 Å². The van der Waals surface area contributed by atoms with E-state index in [0.29, 0.717) is 17.4 Å². The van der Waals surface area contributed by atoms with Crippen molar-refractivity contribution in [3.05, 3.63) is 27.7 Å². The maximum Gasteiger partial charge on any atom is 0.224 e. The third-order valence-corrected chi connectivity index (χ3v) is 4.56. The van der Waals surface area contributed by atoms with Gasteiger partial charge < -0.3 is 10.6 Å². The zero-order valence-corrected chi connectivity index (χ0v) is 12.4. The lowest BCUT2D eigenvalue weighted by molar-refractivity contribution is -0.117. The Balaban J connectivity index is 1.92. The van der Waals surface area contributed by atoms with Crippen molar-refractivity contribution in [2.75, 3.05) is 18.4 Å². The Morgan fingerprint density at radius 1 is 1.44 bits per heavy atom. The summed E-state index contributed by atoms with van der Waals surface area (Å²) in [4.78, 5) is 11.9. The molecule has 1 fully saturated rings. The summed E-state index contributed by atoms with van der Waals surface area (Å²) in [6, 6.07) is 5.46. The molecule has 1 heterocycles. The SMILES string of the molecule is O=C(CC1CCNCC1)Nc1cccc(Cl)c1Br. The first-order valence-corrected chi connectivity index (χ1v) is 7.28. The molecule has 1 aliphatic heterocycles. The number of anilines is 1. The first-order chi connectivity index (χ1) is 8.66. The van der Waals surface area contributed by atoms with Crippen LogP contribution in [0.25, 0.3) is 0 Å². The molecule has 0 spiro atoms. The first kappa shape index (κ1) is 13.8. The number of hydrogen-bond acceptors (Lipinski definition) is 2. The average Bonchev–Trinajstić information content (AvgIpc) is 2.36. The lowest BCUT2D eigenvalue weighted by Gasteiger charge is -2.22. The van der Waals surface area contributed by atoms with Crippen molar-refractivity contribution in [2.24, 2.45) is 5.92 Å². The fraction of sp³-hybridized carbons (Fsp3) is 0.462. The van der Waals surface area contributed by atoms with E-state index in [4.69, 9.17) is 11.6 Å². The highest BCUT2D eigenvalue weighted by Gasteiger charge is 2.17. The van der Waals surface area contributed by atoms with E-state index < -0.39 is 0 Å². The Morgan fingerprint density at radius 3 is 2.89 bits per heavy atom. The largest absolute Gasteiger partial charge is 0.325 e. The predicted molar refractivity (Wildman–Crippen MR) is 78.0 cm³/mol. The molecule has 0 atom stereocenters. The van der Waals surface area contributed by atoms with Gasteiger partial charge in [0.15, 0.2) is 0 Å². The van der Waals surface area contributed by atoms with E-state index in [0.717, 1.165) is 36.1 Å². The summed E-state index contributed by atoms with van der Waals surface area (Å²) >= 11 is 9.36. The Kier molecular flexibility index (Phi) is 5.03. The molecule has 2 N–H and O–H groups in total. The second-order valence-corrected chi connectivity index (χ2v) is 5.75. The van der Waals surface area contributed by atoms with Gasteiger partial charge in [0.25, 0.3) is 0 Å². The van der Waals surface area contributed by atoms with Gasteiger partial charge in [0.2, 0.25) is 5.91 Å². The fourth-order valence-corrected chi connectivity index (χ4v) is 2.69. The van der Waals surface area contributed by atoms with Gasteiger partial charge in [-0.25, -0.2) is 0 Å². The van der Waals surface area contributed by atoms with Gasteiger partial charge >= 0.3 is 0 Å². The number of rotatable bonds is 3. The molecule has 18 heavy (non-hydrogen) atoms. The lowest BCUT2D eigenvalue weighted by Crippen LogP contribution is -2.30. The number of carbonyl (C=O) groups excluding carboxylic acids is 1. The molecule has 0 saturated carbocycles. The van der Waals surface area contributed by atoms with Crippen LogP contribution in [0, 0.1) is 5.92 Å². The van der Waals surface area contributed by atoms with Crippen LogP contribution in [0.1, 0.15) is 19.3 Å². The summed E-state index contributed by atoms with van der Waals surface area (Å²) in [6.07, 6.45) is 2.73. The van der Waals surface area contributed by atoms with Crippen LogP contribution in [0.3, 0.4) is 0 Å². The van der Waals surface area contributed by atoms with E-state index in [1.807, 2.05) is 12.1 Å². The highest BCUT2D eigenvalue weighted by molar-refractivity contribution is 9.10. The third kappa shape index (κ3) is 3.70. The molecule has 5 heteroatoms. The Labute approximate surface area is 120 Å². The van der Waals surface area contributed by atoms with Crippen LogP contribution >= 0.6 is 27.5 Å². The van der Waals surface area contributed by atoms with Crippen molar-refractivity contribution >= 4 is 39.1 Å². The molecule has 2 rings (SSSR count). The molecular formula is C13H16BrClN2O. The minimum atomic E-state index is 0.0601. The van der Waals surface area contributed by atoms with Gasteiger partial charge in [-0.1, -0.05) is 17.7 Å². The van der Waals surface area contributed by atoms with Crippen LogP contribution in [0.2, 0.25) is 5.02 Å². The number of piperidine rings is 1. The molecule has 98 valence electrons. The molecular weight excluding hydrogens is 316 g/mol. The number of halogens is 2. The second kappa shape index (κ2) is 6.55. The van der Waals surface area contributed by atoms with Crippen molar-refractivity contribution in [1.82, 2.24) is 5.32 Å². The lowest BCUT2D eigenvalue weighted by atomic mass is 9.94. The minimum Gasteiger partial charge on any atom is -0.325 e. The number of benzene rings is 1. The third-order valence-electron chi connectivity index (χ3n) is 3.16. The first-order valence-electron chi connectivity index (χ1n) is 6.11. The predicted octanol–water partition coefficient (Wildman–Crippen LogP) is 3.43.